The number of aromatic nitrogens is 2. The Hall–Kier alpha value is -2.26. The number of nitrogens with two attached hydrogens (primary N) is 1. The van der Waals surface area contributed by atoms with E-state index in [9.17, 15) is 13.2 Å². The van der Waals surface area contributed by atoms with E-state index in [-0.39, 0.29) is 22.3 Å². The van der Waals surface area contributed by atoms with E-state index in [2.05, 4.69) is 15.5 Å². The van der Waals surface area contributed by atoms with Crippen molar-refractivity contribution >= 4 is 21.6 Å². The number of carbonyl (C=O) groups excluding carboxylic acids is 1. The number of sulfonamides is 1. The predicted molar refractivity (Wildman–Crippen MR) is 70.1 cm³/mol. The number of benzene rings is 1. The van der Waals surface area contributed by atoms with Crippen molar-refractivity contribution in [2.45, 2.75) is 18.7 Å². The smallest absolute Gasteiger partial charge is 0.249 e. The topological polar surface area (TPSA) is 128 Å². The van der Waals surface area contributed by atoms with E-state index >= 15 is 0 Å². The molecule has 2 aromatic rings. The molecule has 2 rings (SSSR count). The van der Waals surface area contributed by atoms with Crippen molar-refractivity contribution in [3.8, 4) is 11.5 Å². The maximum atomic E-state index is 11.6. The number of hydrogen-bond donors (Lipinski definition) is 2. The van der Waals surface area contributed by atoms with Crippen LogP contribution in [0.15, 0.2) is 27.5 Å². The Morgan fingerprint density at radius 1 is 1.35 bits per heavy atom. The minimum Gasteiger partial charge on any atom is -0.421 e. The van der Waals surface area contributed by atoms with Crippen LogP contribution in [0.4, 0.5) is 5.69 Å². The van der Waals surface area contributed by atoms with Crippen molar-refractivity contribution in [1.82, 2.24) is 10.2 Å². The van der Waals surface area contributed by atoms with Gasteiger partial charge in [0.2, 0.25) is 27.7 Å². The second-order valence-electron chi connectivity index (χ2n) is 4.06. The Kier molecular flexibility index (Phi) is 3.55. The van der Waals surface area contributed by atoms with Crippen molar-refractivity contribution in [2.75, 3.05) is 5.32 Å². The van der Waals surface area contributed by atoms with Crippen LogP contribution in [0.2, 0.25) is 0 Å². The fourth-order valence-electron chi connectivity index (χ4n) is 1.62. The maximum absolute atomic E-state index is 11.6. The van der Waals surface area contributed by atoms with Gasteiger partial charge in [-0.15, -0.1) is 10.2 Å². The zero-order valence-electron chi connectivity index (χ0n) is 10.7. The molecule has 3 N–H and O–H groups in total. The molecule has 1 heterocycles. The lowest BCUT2D eigenvalue weighted by atomic mass is 10.2. The second kappa shape index (κ2) is 5.02. The number of aryl methyl sites for hydroxylation is 1. The molecule has 8 nitrogen and oxygen atoms in total. The summed E-state index contributed by atoms with van der Waals surface area (Å²) in [4.78, 5) is 10.8. The van der Waals surface area contributed by atoms with Crippen LogP contribution in [0, 0.1) is 6.92 Å². The van der Waals surface area contributed by atoms with Gasteiger partial charge in [0.15, 0.2) is 0 Å². The van der Waals surface area contributed by atoms with E-state index in [1.54, 1.807) is 6.92 Å². The van der Waals surface area contributed by atoms with Gasteiger partial charge >= 0.3 is 0 Å². The monoisotopic (exact) mass is 296 g/mol. The molecule has 0 fully saturated rings. The van der Waals surface area contributed by atoms with Crippen molar-refractivity contribution in [1.29, 1.82) is 0 Å². The first-order chi connectivity index (χ1) is 9.27. The number of rotatable bonds is 3. The molecule has 0 spiro atoms. The van der Waals surface area contributed by atoms with Gasteiger partial charge in [-0.2, -0.15) is 0 Å². The lowest BCUT2D eigenvalue weighted by molar-refractivity contribution is -0.114. The van der Waals surface area contributed by atoms with Gasteiger partial charge in [0.05, 0.1) is 10.5 Å². The van der Waals surface area contributed by atoms with Gasteiger partial charge in [-0.05, 0) is 18.2 Å². The molecule has 0 aliphatic carbocycles. The third-order valence-electron chi connectivity index (χ3n) is 2.36. The zero-order chi connectivity index (χ0) is 14.9. The molecule has 20 heavy (non-hydrogen) atoms. The van der Waals surface area contributed by atoms with E-state index in [1.807, 2.05) is 0 Å². The molecule has 0 bridgehead atoms. The summed E-state index contributed by atoms with van der Waals surface area (Å²) >= 11 is 0. The summed E-state index contributed by atoms with van der Waals surface area (Å²) in [6.45, 7) is 2.89. The molecule has 0 aliphatic rings. The fraction of sp³-hybridized carbons (Fsp3) is 0.182. The van der Waals surface area contributed by atoms with Crippen molar-refractivity contribution < 1.29 is 17.6 Å². The highest BCUT2D eigenvalue weighted by atomic mass is 32.2. The van der Waals surface area contributed by atoms with E-state index in [1.165, 1.54) is 25.1 Å². The van der Waals surface area contributed by atoms with E-state index in [0.717, 1.165) is 0 Å². The first kappa shape index (κ1) is 14.2. The Labute approximate surface area is 115 Å². The van der Waals surface area contributed by atoms with Gasteiger partial charge < -0.3 is 9.73 Å². The number of primary sulfonamides is 1. The van der Waals surface area contributed by atoms with Crippen LogP contribution in [-0.4, -0.2) is 24.5 Å². The second-order valence-corrected chi connectivity index (χ2v) is 5.59. The van der Waals surface area contributed by atoms with Crippen LogP contribution >= 0.6 is 0 Å². The molecule has 0 unspecified atom stereocenters. The lowest BCUT2D eigenvalue weighted by Gasteiger charge is -2.08. The predicted octanol–water partition coefficient (Wildman–Crippen LogP) is 0.651. The van der Waals surface area contributed by atoms with Crippen molar-refractivity contribution in [2.24, 2.45) is 5.14 Å². The van der Waals surface area contributed by atoms with Gasteiger partial charge in [0, 0.05) is 19.5 Å². The molecule has 0 saturated heterocycles. The summed E-state index contributed by atoms with van der Waals surface area (Å²) in [5.74, 6) is 0.0129. The van der Waals surface area contributed by atoms with Gasteiger partial charge in [0.25, 0.3) is 0 Å². The lowest BCUT2D eigenvalue weighted by Crippen LogP contribution is -2.15. The standard InChI is InChI=1S/C11H12N4O4S/c1-6(16)13-8-3-4-9(10(5-8)20(12,17)18)11-15-14-7(2)19-11/h3-5H,1-2H3,(H,13,16)(H2,12,17,18). The molecule has 0 radical (unpaired) electrons. The SMILES string of the molecule is CC(=O)Nc1ccc(-c2nnc(C)o2)c(S(N)(=O)=O)c1. The molecule has 1 aromatic carbocycles. The van der Waals surface area contributed by atoms with Crippen LogP contribution in [0.5, 0.6) is 0 Å². The summed E-state index contributed by atoms with van der Waals surface area (Å²) in [5, 5.41) is 15.0. The van der Waals surface area contributed by atoms with Crippen molar-refractivity contribution in [3.05, 3.63) is 24.1 Å². The van der Waals surface area contributed by atoms with Crippen molar-refractivity contribution in [3.63, 3.8) is 0 Å². The molecular weight excluding hydrogens is 284 g/mol. The first-order valence-electron chi connectivity index (χ1n) is 5.52. The van der Waals surface area contributed by atoms with E-state index < -0.39 is 10.0 Å². The number of nitrogens with zero attached hydrogens (tertiary/aromatic N) is 2. The Morgan fingerprint density at radius 3 is 2.55 bits per heavy atom. The average molecular weight is 296 g/mol. The summed E-state index contributed by atoms with van der Waals surface area (Å²) in [6.07, 6.45) is 0. The van der Waals surface area contributed by atoms with Gasteiger partial charge in [-0.1, -0.05) is 0 Å². The summed E-state index contributed by atoms with van der Waals surface area (Å²) in [6, 6.07) is 4.20. The average Bonchev–Trinajstić information content (AvgIpc) is 2.74. The molecular formula is C11H12N4O4S. The van der Waals surface area contributed by atoms with Gasteiger partial charge in [-0.25, -0.2) is 13.6 Å². The molecule has 0 aliphatic heterocycles. The summed E-state index contributed by atoms with van der Waals surface area (Å²) in [5.41, 5.74) is 0.490. The normalized spacial score (nSPS) is 11.3. The molecule has 106 valence electrons. The molecule has 0 atom stereocenters. The fourth-order valence-corrected chi connectivity index (χ4v) is 2.37. The van der Waals surface area contributed by atoms with E-state index in [4.69, 9.17) is 9.56 Å². The Balaban J connectivity index is 2.60. The highest BCUT2D eigenvalue weighted by molar-refractivity contribution is 7.89. The number of amides is 1. The Morgan fingerprint density at radius 2 is 2.05 bits per heavy atom. The van der Waals surface area contributed by atoms with E-state index in [0.29, 0.717) is 11.6 Å². The number of anilines is 1. The number of hydrogen-bond acceptors (Lipinski definition) is 6. The highest BCUT2D eigenvalue weighted by Crippen LogP contribution is 2.28. The minimum absolute atomic E-state index is 0.0425. The van der Waals surface area contributed by atoms with Crippen LogP contribution < -0.4 is 10.5 Å². The van der Waals surface area contributed by atoms with Gasteiger partial charge in [-0.3, -0.25) is 4.79 Å². The van der Waals surface area contributed by atoms with Crippen LogP contribution in [0.1, 0.15) is 12.8 Å². The third kappa shape index (κ3) is 3.00. The third-order valence-corrected chi connectivity index (χ3v) is 3.32. The zero-order valence-corrected chi connectivity index (χ0v) is 11.6. The number of nitrogens with one attached hydrogen (secondary N) is 1. The molecule has 9 heteroatoms. The first-order valence-corrected chi connectivity index (χ1v) is 7.07. The quantitative estimate of drug-likeness (QED) is 0.855. The maximum Gasteiger partial charge on any atom is 0.249 e. The molecule has 1 aromatic heterocycles. The minimum atomic E-state index is -4.01. The Bertz CT molecular complexity index is 766. The largest absolute Gasteiger partial charge is 0.421 e. The van der Waals surface area contributed by atoms with Crippen LogP contribution in [0.3, 0.4) is 0 Å². The van der Waals surface area contributed by atoms with Gasteiger partial charge in [0.1, 0.15) is 0 Å². The summed E-state index contributed by atoms with van der Waals surface area (Å²) in [7, 11) is -4.01. The molecule has 1 amide bonds. The van der Waals surface area contributed by atoms with Crippen LogP contribution in [-0.2, 0) is 14.8 Å². The van der Waals surface area contributed by atoms with Crippen LogP contribution in [0.25, 0.3) is 11.5 Å². The number of carbonyl (C=O) groups is 1. The molecule has 0 saturated carbocycles. The summed E-state index contributed by atoms with van der Waals surface area (Å²) < 4.78 is 28.5. The highest BCUT2D eigenvalue weighted by Gasteiger charge is 2.20.